The lowest BCUT2D eigenvalue weighted by Crippen LogP contribution is -2.21. The molecule has 1 fully saturated rings. The van der Waals surface area contributed by atoms with Crippen LogP contribution in [0.25, 0.3) is 11.4 Å². The van der Waals surface area contributed by atoms with Crippen molar-refractivity contribution >= 4 is 5.91 Å². The van der Waals surface area contributed by atoms with Gasteiger partial charge in [-0.05, 0) is 30.7 Å². The minimum atomic E-state index is 0.0332. The molecule has 0 atom stereocenters. The number of ether oxygens (including phenoxy) is 1. The van der Waals surface area contributed by atoms with E-state index in [0.717, 1.165) is 31.2 Å². The second kappa shape index (κ2) is 6.98. The van der Waals surface area contributed by atoms with E-state index in [2.05, 4.69) is 43.0 Å². The van der Waals surface area contributed by atoms with Gasteiger partial charge >= 0.3 is 6.01 Å². The number of rotatable bonds is 4. The maximum absolute atomic E-state index is 12.9. The predicted molar refractivity (Wildman–Crippen MR) is 97.9 cm³/mol. The highest BCUT2D eigenvalue weighted by atomic mass is 16.5. The van der Waals surface area contributed by atoms with Gasteiger partial charge in [0.25, 0.3) is 5.91 Å². The average molecular weight is 341 g/mol. The van der Waals surface area contributed by atoms with E-state index in [0.29, 0.717) is 12.4 Å². The molecule has 0 saturated heterocycles. The molecule has 1 saturated carbocycles. The molecule has 2 aromatic rings. The van der Waals surface area contributed by atoms with Crippen LogP contribution in [0.3, 0.4) is 0 Å². The van der Waals surface area contributed by atoms with Crippen LogP contribution in [-0.2, 0) is 5.41 Å². The van der Waals surface area contributed by atoms with Gasteiger partial charge in [-0.2, -0.15) is 9.67 Å². The summed E-state index contributed by atoms with van der Waals surface area (Å²) in [5, 5.41) is 4.33. The molecule has 5 heteroatoms. The van der Waals surface area contributed by atoms with Crippen molar-refractivity contribution in [2.75, 3.05) is 6.61 Å². The van der Waals surface area contributed by atoms with Gasteiger partial charge in [-0.3, -0.25) is 4.79 Å². The molecule has 25 heavy (non-hydrogen) atoms. The molecule has 0 radical (unpaired) electrons. The van der Waals surface area contributed by atoms with Crippen LogP contribution in [0, 0.1) is 5.92 Å². The number of benzene rings is 1. The third-order valence-electron chi connectivity index (χ3n) is 4.78. The molecule has 0 unspecified atom stereocenters. The van der Waals surface area contributed by atoms with Crippen LogP contribution in [0.15, 0.2) is 24.3 Å². The Balaban J connectivity index is 1.97. The van der Waals surface area contributed by atoms with Crippen molar-refractivity contribution in [1.29, 1.82) is 0 Å². The van der Waals surface area contributed by atoms with Crippen LogP contribution >= 0.6 is 0 Å². The zero-order chi connectivity index (χ0) is 18.0. The normalized spacial score (nSPS) is 15.5. The van der Waals surface area contributed by atoms with Gasteiger partial charge < -0.3 is 4.74 Å². The zero-order valence-electron chi connectivity index (χ0n) is 15.6. The summed E-state index contributed by atoms with van der Waals surface area (Å²) < 4.78 is 6.90. The molecule has 5 nitrogen and oxygen atoms in total. The van der Waals surface area contributed by atoms with E-state index in [1.54, 1.807) is 0 Å². The van der Waals surface area contributed by atoms with Gasteiger partial charge in [0.15, 0.2) is 5.82 Å². The van der Waals surface area contributed by atoms with Crippen molar-refractivity contribution in [3.63, 3.8) is 0 Å². The van der Waals surface area contributed by atoms with Gasteiger partial charge in [-0.1, -0.05) is 57.9 Å². The summed E-state index contributed by atoms with van der Waals surface area (Å²) in [5.74, 6) is 0.649. The molecule has 0 N–H and O–H groups in total. The van der Waals surface area contributed by atoms with Gasteiger partial charge in [0.1, 0.15) is 0 Å². The molecule has 0 amide bonds. The summed E-state index contributed by atoms with van der Waals surface area (Å²) in [6, 6.07) is 8.48. The largest absolute Gasteiger partial charge is 0.463 e. The third-order valence-corrected chi connectivity index (χ3v) is 4.78. The van der Waals surface area contributed by atoms with Crippen LogP contribution in [0.4, 0.5) is 0 Å². The summed E-state index contributed by atoms with van der Waals surface area (Å²) >= 11 is 0. The molecular weight excluding hydrogens is 314 g/mol. The molecule has 1 heterocycles. The smallest absolute Gasteiger partial charge is 0.336 e. The Morgan fingerprint density at radius 1 is 1.20 bits per heavy atom. The van der Waals surface area contributed by atoms with Crippen LogP contribution in [0.5, 0.6) is 6.01 Å². The van der Waals surface area contributed by atoms with Gasteiger partial charge in [0.2, 0.25) is 0 Å². The molecule has 0 aliphatic heterocycles. The molecule has 3 rings (SSSR count). The molecule has 1 aromatic heterocycles. The molecule has 0 bridgehead atoms. The Morgan fingerprint density at radius 3 is 2.40 bits per heavy atom. The van der Waals surface area contributed by atoms with E-state index < -0.39 is 0 Å². The quantitative estimate of drug-likeness (QED) is 0.823. The fourth-order valence-electron chi connectivity index (χ4n) is 3.29. The molecule has 1 aromatic carbocycles. The minimum absolute atomic E-state index is 0.0332. The van der Waals surface area contributed by atoms with Crippen LogP contribution in [0.1, 0.15) is 63.7 Å². The maximum atomic E-state index is 12.9. The first-order chi connectivity index (χ1) is 11.9. The first-order valence-corrected chi connectivity index (χ1v) is 9.15. The fourth-order valence-corrected chi connectivity index (χ4v) is 3.29. The van der Waals surface area contributed by atoms with Gasteiger partial charge in [-0.25, -0.2) is 0 Å². The van der Waals surface area contributed by atoms with E-state index in [4.69, 9.17) is 4.74 Å². The fraction of sp³-hybridized carbons (Fsp3) is 0.550. The van der Waals surface area contributed by atoms with Crippen LogP contribution in [-0.4, -0.2) is 27.3 Å². The lowest BCUT2D eigenvalue weighted by molar-refractivity contribution is 0.0820. The highest BCUT2D eigenvalue weighted by molar-refractivity contribution is 5.84. The molecule has 134 valence electrons. The van der Waals surface area contributed by atoms with Crippen molar-refractivity contribution in [2.24, 2.45) is 5.92 Å². The topological polar surface area (TPSA) is 57.0 Å². The van der Waals surface area contributed by atoms with E-state index in [-0.39, 0.29) is 23.3 Å². The van der Waals surface area contributed by atoms with Gasteiger partial charge in [0.05, 0.1) is 6.61 Å². The monoisotopic (exact) mass is 341 g/mol. The SMILES string of the molecule is CCOc1nc(-c2ccc(C(C)(C)C)cc2)n(C(=O)C2CCCC2)n1. The molecule has 1 aliphatic carbocycles. The minimum Gasteiger partial charge on any atom is -0.463 e. The van der Waals surface area contributed by atoms with E-state index in [9.17, 15) is 4.79 Å². The first kappa shape index (κ1) is 17.6. The Labute approximate surface area is 149 Å². The van der Waals surface area contributed by atoms with Gasteiger partial charge in [-0.15, -0.1) is 5.10 Å². The standard InChI is InChI=1S/C20H27N3O2/c1-5-25-19-21-17(14-10-12-16(13-11-14)20(2,3)4)23(22-19)18(24)15-8-6-7-9-15/h10-13,15H,5-9H2,1-4H3. The second-order valence-electron chi connectivity index (χ2n) is 7.71. The highest BCUT2D eigenvalue weighted by Gasteiger charge is 2.28. The lowest BCUT2D eigenvalue weighted by Gasteiger charge is -2.19. The number of hydrogen-bond donors (Lipinski definition) is 0. The van der Waals surface area contributed by atoms with E-state index in [1.165, 1.54) is 10.2 Å². The number of nitrogens with zero attached hydrogens (tertiary/aromatic N) is 3. The van der Waals surface area contributed by atoms with Crippen molar-refractivity contribution in [3.8, 4) is 17.4 Å². The first-order valence-electron chi connectivity index (χ1n) is 9.15. The summed E-state index contributed by atoms with van der Waals surface area (Å²) in [6.07, 6.45) is 4.09. The molecule has 1 aliphatic rings. The predicted octanol–water partition coefficient (Wildman–Crippen LogP) is 4.47. The van der Waals surface area contributed by atoms with E-state index in [1.807, 2.05) is 19.1 Å². The Bertz CT molecular complexity index is 735. The Morgan fingerprint density at radius 2 is 1.84 bits per heavy atom. The molecule has 0 spiro atoms. The van der Waals surface area contributed by atoms with Crippen molar-refractivity contribution in [1.82, 2.24) is 14.8 Å². The van der Waals surface area contributed by atoms with Crippen molar-refractivity contribution in [2.45, 2.75) is 58.8 Å². The number of aromatic nitrogens is 3. The average Bonchev–Trinajstić information content (AvgIpc) is 3.24. The summed E-state index contributed by atoms with van der Waals surface area (Å²) in [7, 11) is 0. The summed E-state index contributed by atoms with van der Waals surface area (Å²) in [4.78, 5) is 17.4. The second-order valence-corrected chi connectivity index (χ2v) is 7.71. The lowest BCUT2D eigenvalue weighted by atomic mass is 9.86. The van der Waals surface area contributed by atoms with E-state index >= 15 is 0 Å². The number of carbonyl (C=O) groups is 1. The van der Waals surface area contributed by atoms with Crippen molar-refractivity contribution < 1.29 is 9.53 Å². The van der Waals surface area contributed by atoms with Gasteiger partial charge in [0, 0.05) is 11.5 Å². The summed E-state index contributed by atoms with van der Waals surface area (Å²) in [6.45, 7) is 8.91. The number of hydrogen-bond acceptors (Lipinski definition) is 4. The van der Waals surface area contributed by atoms with Crippen molar-refractivity contribution in [3.05, 3.63) is 29.8 Å². The third kappa shape index (κ3) is 3.75. The summed E-state index contributed by atoms with van der Waals surface area (Å²) in [5.41, 5.74) is 2.22. The van der Waals surface area contributed by atoms with Crippen LogP contribution in [0.2, 0.25) is 0 Å². The maximum Gasteiger partial charge on any atom is 0.336 e. The highest BCUT2D eigenvalue weighted by Crippen LogP contribution is 2.30. The zero-order valence-corrected chi connectivity index (χ0v) is 15.6. The Hall–Kier alpha value is -2.17. The Kier molecular flexibility index (Phi) is 4.93. The van der Waals surface area contributed by atoms with Crippen LogP contribution < -0.4 is 4.74 Å². The number of carbonyl (C=O) groups excluding carboxylic acids is 1. The molecular formula is C20H27N3O2.